The number of sulfonamides is 1. The van der Waals surface area contributed by atoms with Gasteiger partial charge < -0.3 is 14.0 Å². The fourth-order valence-corrected chi connectivity index (χ4v) is 5.24. The summed E-state index contributed by atoms with van der Waals surface area (Å²) in [5.74, 6) is 0.300. The summed E-state index contributed by atoms with van der Waals surface area (Å²) in [7, 11) is -2.56. The third kappa shape index (κ3) is 5.21. The summed E-state index contributed by atoms with van der Waals surface area (Å²) >= 11 is 0. The number of halogens is 1. The Morgan fingerprint density at radius 2 is 1.85 bits per heavy atom. The van der Waals surface area contributed by atoms with Crippen molar-refractivity contribution in [2.24, 2.45) is 0 Å². The van der Waals surface area contributed by atoms with Gasteiger partial charge in [-0.1, -0.05) is 17.3 Å². The number of methoxy groups -OCH3 is 1. The van der Waals surface area contributed by atoms with Crippen LogP contribution in [-0.4, -0.2) is 31.4 Å². The van der Waals surface area contributed by atoms with E-state index in [0.717, 1.165) is 0 Å². The first kappa shape index (κ1) is 26.0. The second-order valence-corrected chi connectivity index (χ2v) is 10.6. The molecule has 1 N–H and O–H groups in total. The van der Waals surface area contributed by atoms with Crippen LogP contribution < -0.4 is 19.8 Å². The molecule has 39 heavy (non-hydrogen) atoms. The Hall–Kier alpha value is -4.64. The van der Waals surface area contributed by atoms with Gasteiger partial charge in [0.15, 0.2) is 5.82 Å². The molecule has 0 atom stereocenters. The van der Waals surface area contributed by atoms with Crippen LogP contribution in [0.4, 0.5) is 10.2 Å². The Bertz CT molecular complexity index is 1830. The average molecular weight is 550 g/mol. The van der Waals surface area contributed by atoms with E-state index in [1.807, 2.05) is 13.8 Å². The van der Waals surface area contributed by atoms with Gasteiger partial charge in [-0.15, -0.1) is 0 Å². The fourth-order valence-electron chi connectivity index (χ4n) is 4.21. The minimum absolute atomic E-state index is 0.0293. The number of pyridine rings is 1. The predicted molar refractivity (Wildman–Crippen MR) is 145 cm³/mol. The number of benzene rings is 3. The average Bonchev–Trinajstić information content (AvgIpc) is 3.40. The van der Waals surface area contributed by atoms with Crippen molar-refractivity contribution >= 4 is 26.7 Å². The highest BCUT2D eigenvalue weighted by atomic mass is 32.2. The molecule has 0 spiro atoms. The molecule has 0 saturated carbocycles. The van der Waals surface area contributed by atoms with E-state index in [2.05, 4.69) is 14.4 Å². The second kappa shape index (κ2) is 10.3. The van der Waals surface area contributed by atoms with E-state index < -0.39 is 21.4 Å². The molecule has 0 bridgehead atoms. The van der Waals surface area contributed by atoms with Crippen LogP contribution in [0.25, 0.3) is 27.7 Å². The van der Waals surface area contributed by atoms with Crippen LogP contribution in [0.1, 0.15) is 13.8 Å². The largest absolute Gasteiger partial charge is 0.495 e. The van der Waals surface area contributed by atoms with Gasteiger partial charge >= 0.3 is 0 Å². The van der Waals surface area contributed by atoms with Crippen LogP contribution in [0, 0.1) is 5.82 Å². The molecule has 0 amide bonds. The zero-order valence-corrected chi connectivity index (χ0v) is 22.0. The zero-order valence-electron chi connectivity index (χ0n) is 21.2. The lowest BCUT2D eigenvalue weighted by atomic mass is 10.0. The van der Waals surface area contributed by atoms with Crippen LogP contribution >= 0.6 is 0 Å². The Labute approximate surface area is 223 Å². The molecule has 0 aliphatic rings. The molecule has 2 heterocycles. The minimum atomic E-state index is -3.98. The van der Waals surface area contributed by atoms with E-state index in [1.54, 1.807) is 24.3 Å². The van der Waals surface area contributed by atoms with Crippen LogP contribution in [0.15, 0.2) is 93.3 Å². The van der Waals surface area contributed by atoms with Gasteiger partial charge in [0.05, 0.1) is 29.3 Å². The first-order valence-corrected chi connectivity index (χ1v) is 13.4. The van der Waals surface area contributed by atoms with E-state index in [1.165, 1.54) is 66.5 Å². The molecule has 5 rings (SSSR count). The predicted octanol–water partition coefficient (Wildman–Crippen LogP) is 5.38. The summed E-state index contributed by atoms with van der Waals surface area (Å²) in [5.41, 5.74) is 0.929. The standard InChI is InChI=1S/C28H24FN3O6S/c1-17(2)38-20-6-4-5-18(13-20)22-15-26(36-3)25(16-23(22)29)32-24-9-8-21(14-19(24)7-10-28(32)33)39(34,35)31-27-11-12-37-30-27/h4-17H,1-3H3,(H,30,31). The van der Waals surface area contributed by atoms with Crippen molar-refractivity contribution in [1.82, 2.24) is 9.72 Å². The zero-order chi connectivity index (χ0) is 27.7. The number of rotatable bonds is 8. The molecule has 11 heteroatoms. The lowest BCUT2D eigenvalue weighted by Crippen LogP contribution is -2.19. The van der Waals surface area contributed by atoms with Crippen molar-refractivity contribution in [2.45, 2.75) is 24.8 Å². The van der Waals surface area contributed by atoms with E-state index in [9.17, 15) is 13.2 Å². The summed E-state index contributed by atoms with van der Waals surface area (Å²) in [5, 5.41) is 3.99. The lowest BCUT2D eigenvalue weighted by Gasteiger charge is -2.17. The molecule has 0 radical (unpaired) electrons. The third-order valence-corrected chi connectivity index (χ3v) is 7.23. The van der Waals surface area contributed by atoms with Gasteiger partial charge in [0.2, 0.25) is 0 Å². The maximum absolute atomic E-state index is 15.6. The molecule has 0 aliphatic heterocycles. The number of nitrogens with one attached hydrogen (secondary N) is 1. The number of ether oxygens (including phenoxy) is 2. The molecule has 2 aromatic heterocycles. The molecule has 9 nitrogen and oxygen atoms in total. The number of nitrogens with zero attached hydrogens (tertiary/aromatic N) is 2. The Morgan fingerprint density at radius 3 is 2.56 bits per heavy atom. The van der Waals surface area contributed by atoms with E-state index in [4.69, 9.17) is 9.47 Å². The van der Waals surface area contributed by atoms with Crippen molar-refractivity contribution < 1.29 is 26.8 Å². The number of fused-ring (bicyclic) bond motifs is 1. The second-order valence-electron chi connectivity index (χ2n) is 8.92. The highest BCUT2D eigenvalue weighted by Crippen LogP contribution is 2.35. The van der Waals surface area contributed by atoms with Crippen molar-refractivity contribution in [3.63, 3.8) is 0 Å². The van der Waals surface area contributed by atoms with Crippen molar-refractivity contribution in [3.8, 4) is 28.3 Å². The summed E-state index contributed by atoms with van der Waals surface area (Å²) in [6.45, 7) is 3.80. The Balaban J connectivity index is 1.61. The van der Waals surface area contributed by atoms with Gasteiger partial charge in [0.1, 0.15) is 23.6 Å². The van der Waals surface area contributed by atoms with Crippen molar-refractivity contribution in [3.05, 3.63) is 95.2 Å². The number of anilines is 1. The Morgan fingerprint density at radius 1 is 1.03 bits per heavy atom. The molecule has 200 valence electrons. The molecule has 0 saturated heterocycles. The summed E-state index contributed by atoms with van der Waals surface area (Å²) < 4.78 is 60.8. The number of aromatic nitrogens is 2. The van der Waals surface area contributed by atoms with E-state index in [-0.39, 0.29) is 33.8 Å². The summed E-state index contributed by atoms with van der Waals surface area (Å²) in [6.07, 6.45) is 1.19. The number of hydrogen-bond acceptors (Lipinski definition) is 7. The minimum Gasteiger partial charge on any atom is -0.495 e. The Kier molecular flexibility index (Phi) is 6.83. The highest BCUT2D eigenvalue weighted by molar-refractivity contribution is 7.92. The van der Waals surface area contributed by atoms with Gasteiger partial charge in [-0.2, -0.15) is 0 Å². The molecule has 0 fully saturated rings. The third-order valence-electron chi connectivity index (χ3n) is 5.88. The maximum atomic E-state index is 15.6. The lowest BCUT2D eigenvalue weighted by molar-refractivity contribution is 0.242. The summed E-state index contributed by atoms with van der Waals surface area (Å²) in [4.78, 5) is 13.0. The molecule has 3 aromatic carbocycles. The van der Waals surface area contributed by atoms with Crippen LogP contribution in [0.5, 0.6) is 11.5 Å². The van der Waals surface area contributed by atoms with Crippen LogP contribution in [0.2, 0.25) is 0 Å². The fraction of sp³-hybridized carbons (Fsp3) is 0.143. The van der Waals surface area contributed by atoms with Gasteiger partial charge in [-0.05, 0) is 61.9 Å². The first-order valence-electron chi connectivity index (χ1n) is 11.9. The van der Waals surface area contributed by atoms with Crippen molar-refractivity contribution in [2.75, 3.05) is 11.8 Å². The van der Waals surface area contributed by atoms with Crippen molar-refractivity contribution in [1.29, 1.82) is 0 Å². The monoisotopic (exact) mass is 549 g/mol. The molecular weight excluding hydrogens is 525 g/mol. The van der Waals surface area contributed by atoms with Gasteiger partial charge in [-0.25, -0.2) is 12.8 Å². The highest BCUT2D eigenvalue weighted by Gasteiger charge is 2.20. The van der Waals surface area contributed by atoms with E-state index in [0.29, 0.717) is 22.2 Å². The number of hydrogen-bond donors (Lipinski definition) is 1. The first-order chi connectivity index (χ1) is 18.7. The molecular formula is C28H24FN3O6S. The molecule has 0 unspecified atom stereocenters. The summed E-state index contributed by atoms with van der Waals surface area (Å²) in [6, 6.07) is 18.2. The quantitative estimate of drug-likeness (QED) is 0.276. The van der Waals surface area contributed by atoms with Gasteiger partial charge in [0.25, 0.3) is 15.6 Å². The topological polar surface area (TPSA) is 113 Å². The van der Waals surface area contributed by atoms with Gasteiger partial charge in [-0.3, -0.25) is 14.1 Å². The van der Waals surface area contributed by atoms with Crippen LogP contribution in [-0.2, 0) is 10.0 Å². The molecule has 0 aliphatic carbocycles. The SMILES string of the molecule is COc1cc(-c2cccc(OC(C)C)c2)c(F)cc1-n1c(=O)ccc2cc(S(=O)(=O)Nc3ccon3)ccc21. The van der Waals surface area contributed by atoms with Crippen LogP contribution in [0.3, 0.4) is 0 Å². The van der Waals surface area contributed by atoms with Gasteiger partial charge in [0, 0.05) is 29.1 Å². The smallest absolute Gasteiger partial charge is 0.263 e. The molecule has 5 aromatic rings. The normalized spacial score (nSPS) is 11.6. The maximum Gasteiger partial charge on any atom is 0.263 e. The van der Waals surface area contributed by atoms with E-state index >= 15 is 4.39 Å².